The highest BCUT2D eigenvalue weighted by molar-refractivity contribution is 14.0. The minimum absolute atomic E-state index is 0. The van der Waals surface area contributed by atoms with Gasteiger partial charge in [-0.05, 0) is 49.4 Å². The van der Waals surface area contributed by atoms with Crippen molar-refractivity contribution in [3.63, 3.8) is 0 Å². The van der Waals surface area contributed by atoms with Gasteiger partial charge < -0.3 is 16.0 Å². The largest absolute Gasteiger partial charge is 0.356 e. The first kappa shape index (κ1) is 20.2. The molecule has 1 aliphatic rings. The van der Waals surface area contributed by atoms with Gasteiger partial charge in [-0.25, -0.2) is 0 Å². The molecule has 0 radical (unpaired) electrons. The van der Waals surface area contributed by atoms with E-state index in [4.69, 9.17) is 0 Å². The van der Waals surface area contributed by atoms with Crippen LogP contribution in [0.3, 0.4) is 0 Å². The van der Waals surface area contributed by atoms with Crippen molar-refractivity contribution >= 4 is 57.5 Å². The molecule has 1 aromatic rings. The van der Waals surface area contributed by atoms with Gasteiger partial charge in [0.15, 0.2) is 5.96 Å². The van der Waals surface area contributed by atoms with E-state index in [0.717, 1.165) is 34.1 Å². The number of carbonyl (C=O) groups excluding carboxylic acids is 1. The molecule has 128 valence electrons. The highest BCUT2D eigenvalue weighted by atomic mass is 127. The van der Waals surface area contributed by atoms with Crippen LogP contribution < -0.4 is 16.0 Å². The molecule has 0 atom stereocenters. The maximum absolute atomic E-state index is 12.0. The van der Waals surface area contributed by atoms with Crippen LogP contribution in [0.1, 0.15) is 24.8 Å². The minimum Gasteiger partial charge on any atom is -0.356 e. The molecule has 1 amide bonds. The zero-order valence-corrected chi connectivity index (χ0v) is 17.4. The lowest BCUT2D eigenvalue weighted by Crippen LogP contribution is -2.39. The second-order valence-corrected chi connectivity index (χ2v) is 6.50. The molecule has 0 bridgehead atoms. The summed E-state index contributed by atoms with van der Waals surface area (Å²) in [6.07, 6.45) is 3.01. The fourth-order valence-corrected chi connectivity index (χ4v) is 2.53. The first-order chi connectivity index (χ1) is 10.6. The molecule has 1 aromatic carbocycles. The maximum Gasteiger partial charge on any atom is 0.226 e. The number of amides is 1. The molecule has 5 nitrogen and oxygen atoms in total. The summed E-state index contributed by atoms with van der Waals surface area (Å²) >= 11 is 3.41. The van der Waals surface area contributed by atoms with E-state index >= 15 is 0 Å². The van der Waals surface area contributed by atoms with Crippen molar-refractivity contribution in [1.82, 2.24) is 10.6 Å². The van der Waals surface area contributed by atoms with Crippen LogP contribution in [0.2, 0.25) is 0 Å². The Morgan fingerprint density at radius 3 is 2.70 bits per heavy atom. The van der Waals surface area contributed by atoms with Crippen molar-refractivity contribution in [2.75, 3.05) is 25.5 Å². The zero-order valence-electron chi connectivity index (χ0n) is 13.5. The number of aryl methyl sites for hydroxylation is 1. The normalized spacial score (nSPS) is 14.0. The Balaban J connectivity index is 0.00000264. The predicted molar refractivity (Wildman–Crippen MR) is 110 cm³/mol. The second kappa shape index (κ2) is 10.1. The molecule has 0 unspecified atom stereocenters. The smallest absolute Gasteiger partial charge is 0.226 e. The highest BCUT2D eigenvalue weighted by Crippen LogP contribution is 2.27. The van der Waals surface area contributed by atoms with E-state index in [0.29, 0.717) is 13.0 Å². The molecule has 0 heterocycles. The Morgan fingerprint density at radius 1 is 1.35 bits per heavy atom. The highest BCUT2D eigenvalue weighted by Gasteiger charge is 2.21. The van der Waals surface area contributed by atoms with E-state index in [9.17, 15) is 4.79 Å². The lowest BCUT2D eigenvalue weighted by Gasteiger charge is -2.12. The summed E-state index contributed by atoms with van der Waals surface area (Å²) in [5.41, 5.74) is 1.89. The van der Waals surface area contributed by atoms with Crippen molar-refractivity contribution in [3.05, 3.63) is 28.2 Å². The molecule has 23 heavy (non-hydrogen) atoms. The summed E-state index contributed by atoms with van der Waals surface area (Å²) in [5, 5.41) is 9.36. The van der Waals surface area contributed by atoms with E-state index in [1.165, 1.54) is 12.8 Å². The summed E-state index contributed by atoms with van der Waals surface area (Å²) in [5.74, 6) is 1.55. The zero-order chi connectivity index (χ0) is 15.9. The molecular weight excluding hydrogens is 471 g/mol. The van der Waals surface area contributed by atoms with Crippen LogP contribution >= 0.6 is 39.9 Å². The Bertz CT molecular complexity index is 561. The van der Waals surface area contributed by atoms with Gasteiger partial charge in [-0.1, -0.05) is 15.9 Å². The number of rotatable bonds is 6. The molecule has 3 N–H and O–H groups in total. The summed E-state index contributed by atoms with van der Waals surface area (Å²) in [6, 6.07) is 5.81. The monoisotopic (exact) mass is 494 g/mol. The van der Waals surface area contributed by atoms with Crippen LogP contribution in [-0.4, -0.2) is 32.0 Å². The number of guanidine groups is 1. The van der Waals surface area contributed by atoms with Gasteiger partial charge in [-0.15, -0.1) is 24.0 Å². The van der Waals surface area contributed by atoms with Crippen molar-refractivity contribution in [2.24, 2.45) is 10.9 Å². The van der Waals surface area contributed by atoms with E-state index < -0.39 is 0 Å². The van der Waals surface area contributed by atoms with Crippen molar-refractivity contribution < 1.29 is 4.79 Å². The van der Waals surface area contributed by atoms with Gasteiger partial charge >= 0.3 is 0 Å². The van der Waals surface area contributed by atoms with Gasteiger partial charge in [-0.3, -0.25) is 9.79 Å². The van der Waals surface area contributed by atoms with Crippen LogP contribution in [0.5, 0.6) is 0 Å². The van der Waals surface area contributed by atoms with E-state index in [1.54, 1.807) is 7.05 Å². The molecule has 0 spiro atoms. The van der Waals surface area contributed by atoms with Gasteiger partial charge in [0, 0.05) is 36.7 Å². The summed E-state index contributed by atoms with van der Waals surface area (Å²) in [7, 11) is 1.74. The van der Waals surface area contributed by atoms with Gasteiger partial charge in [0.25, 0.3) is 0 Å². The fourth-order valence-electron chi connectivity index (χ4n) is 2.06. The van der Waals surface area contributed by atoms with Crippen molar-refractivity contribution in [1.29, 1.82) is 0 Å². The first-order valence-electron chi connectivity index (χ1n) is 7.59. The van der Waals surface area contributed by atoms with Crippen molar-refractivity contribution in [3.8, 4) is 0 Å². The molecule has 0 saturated heterocycles. The number of hydrogen-bond acceptors (Lipinski definition) is 2. The number of carbonyl (C=O) groups is 1. The minimum atomic E-state index is -0.00410. The molecule has 1 fully saturated rings. The number of benzene rings is 1. The molecule has 1 aliphatic carbocycles. The van der Waals surface area contributed by atoms with Gasteiger partial charge in [0.1, 0.15) is 0 Å². The number of aliphatic imine (C=N–C) groups is 1. The second-order valence-electron chi connectivity index (χ2n) is 5.58. The van der Waals surface area contributed by atoms with Gasteiger partial charge in [0.05, 0.1) is 0 Å². The van der Waals surface area contributed by atoms with E-state index in [-0.39, 0.29) is 29.9 Å². The maximum atomic E-state index is 12.0. The van der Waals surface area contributed by atoms with E-state index in [2.05, 4.69) is 36.9 Å². The molecule has 0 aromatic heterocycles. The molecule has 1 saturated carbocycles. The number of hydrogen-bond donors (Lipinski definition) is 3. The third kappa shape index (κ3) is 7.52. The fraction of sp³-hybridized carbons (Fsp3) is 0.500. The molecule has 7 heteroatoms. The average molecular weight is 495 g/mol. The van der Waals surface area contributed by atoms with Crippen LogP contribution in [0.4, 0.5) is 5.69 Å². The molecular formula is C16H24BrIN4O. The van der Waals surface area contributed by atoms with Crippen LogP contribution in [0, 0.1) is 12.8 Å². The summed E-state index contributed by atoms with van der Waals surface area (Å²) in [4.78, 5) is 16.1. The standard InChI is InChI=1S/C16H23BrN4O.HI/c1-11-9-13(17)5-6-14(11)21-15(22)7-8-19-16(18-2)20-10-12-3-4-12;/h5-6,9,12H,3-4,7-8,10H2,1-2H3,(H,21,22)(H2,18,19,20);1H. The number of nitrogens with zero attached hydrogens (tertiary/aromatic N) is 1. The molecule has 2 rings (SSSR count). The lowest BCUT2D eigenvalue weighted by molar-refractivity contribution is -0.116. The van der Waals surface area contributed by atoms with Crippen LogP contribution in [0.15, 0.2) is 27.7 Å². The van der Waals surface area contributed by atoms with Crippen LogP contribution in [-0.2, 0) is 4.79 Å². The Kier molecular flexibility index (Phi) is 8.90. The SMILES string of the molecule is CN=C(NCCC(=O)Nc1ccc(Br)cc1C)NCC1CC1.I. The first-order valence-corrected chi connectivity index (χ1v) is 8.38. The molecule has 0 aliphatic heterocycles. The average Bonchev–Trinajstić information content (AvgIpc) is 3.30. The van der Waals surface area contributed by atoms with Gasteiger partial charge in [-0.2, -0.15) is 0 Å². The number of nitrogens with one attached hydrogen (secondary N) is 3. The number of halogens is 2. The topological polar surface area (TPSA) is 65.5 Å². The third-order valence-corrected chi connectivity index (χ3v) is 4.08. The Labute approximate surface area is 163 Å². The lowest BCUT2D eigenvalue weighted by atomic mass is 10.2. The Morgan fingerprint density at radius 2 is 2.09 bits per heavy atom. The third-order valence-electron chi connectivity index (χ3n) is 3.59. The van der Waals surface area contributed by atoms with E-state index in [1.807, 2.05) is 25.1 Å². The summed E-state index contributed by atoms with van der Waals surface area (Å²) in [6.45, 7) is 3.50. The summed E-state index contributed by atoms with van der Waals surface area (Å²) < 4.78 is 1.01. The quantitative estimate of drug-likeness (QED) is 0.323. The van der Waals surface area contributed by atoms with Gasteiger partial charge in [0.2, 0.25) is 5.91 Å². The van der Waals surface area contributed by atoms with Crippen molar-refractivity contribution in [2.45, 2.75) is 26.2 Å². The Hall–Kier alpha value is -0.830. The predicted octanol–water partition coefficient (Wildman–Crippen LogP) is 3.28. The van der Waals surface area contributed by atoms with Crippen LogP contribution in [0.25, 0.3) is 0 Å². The number of anilines is 1.